The fraction of sp³-hybridized carbons (Fsp3) is 0.333. The van der Waals surface area contributed by atoms with E-state index in [0.717, 1.165) is 25.1 Å². The monoisotopic (exact) mass is 345 g/mol. The molecule has 0 radical (unpaired) electrons. The van der Waals surface area contributed by atoms with Gasteiger partial charge in [-0.1, -0.05) is 17.7 Å². The van der Waals surface area contributed by atoms with Gasteiger partial charge >= 0.3 is 0 Å². The second-order valence-corrected chi connectivity index (χ2v) is 6.11. The lowest BCUT2D eigenvalue weighted by Gasteiger charge is -2.23. The van der Waals surface area contributed by atoms with Crippen LogP contribution in [0.2, 0.25) is 5.02 Å². The molecule has 3 heterocycles. The Bertz CT molecular complexity index is 868. The number of hydrogen-bond donors (Lipinski definition) is 3. The Morgan fingerprint density at radius 3 is 3.08 bits per heavy atom. The van der Waals surface area contributed by atoms with Crippen LogP contribution in [-0.4, -0.2) is 49.7 Å². The fourth-order valence-electron chi connectivity index (χ4n) is 2.94. The van der Waals surface area contributed by atoms with Gasteiger partial charge in [-0.3, -0.25) is 0 Å². The molecule has 1 atom stereocenters. The normalized spacial score (nSPS) is 17.6. The molecule has 4 rings (SSSR count). The van der Waals surface area contributed by atoms with E-state index in [4.69, 9.17) is 11.6 Å². The van der Waals surface area contributed by atoms with Gasteiger partial charge in [0.2, 0.25) is 11.6 Å². The van der Waals surface area contributed by atoms with Gasteiger partial charge in [-0.05, 0) is 31.0 Å². The van der Waals surface area contributed by atoms with E-state index < -0.39 is 0 Å². The minimum Gasteiger partial charge on any atom is -0.394 e. The van der Waals surface area contributed by atoms with Gasteiger partial charge in [0.1, 0.15) is 0 Å². The molecule has 1 fully saturated rings. The Kier molecular flexibility index (Phi) is 3.91. The molecule has 124 valence electrons. The first-order valence-electron chi connectivity index (χ1n) is 7.73. The van der Waals surface area contributed by atoms with E-state index in [-0.39, 0.29) is 12.6 Å². The summed E-state index contributed by atoms with van der Waals surface area (Å²) in [6.45, 7) is 0.891. The zero-order valence-electron chi connectivity index (χ0n) is 12.8. The average molecular weight is 346 g/mol. The maximum absolute atomic E-state index is 9.54. The molecule has 2 aromatic heterocycles. The van der Waals surface area contributed by atoms with Crippen LogP contribution in [0.25, 0.3) is 11.2 Å². The van der Waals surface area contributed by atoms with Crippen LogP contribution in [0.5, 0.6) is 0 Å². The Labute approximate surface area is 142 Å². The molecule has 0 aliphatic carbocycles. The molecule has 3 N–H and O–H groups in total. The SMILES string of the molecule is OC[C@H]1CCCN1c1nc(Nc2cccc(Cl)c2)c2n[nH]nc2n1. The number of fused-ring (bicyclic) bond motifs is 1. The Hall–Kier alpha value is -2.45. The second-order valence-electron chi connectivity index (χ2n) is 5.68. The van der Waals surface area contributed by atoms with Crippen molar-refractivity contribution in [3.63, 3.8) is 0 Å². The Balaban J connectivity index is 1.75. The predicted octanol–water partition coefficient (Wildman–Crippen LogP) is 2.11. The summed E-state index contributed by atoms with van der Waals surface area (Å²) in [6, 6.07) is 7.40. The summed E-state index contributed by atoms with van der Waals surface area (Å²) < 4.78 is 0. The van der Waals surface area contributed by atoms with Crippen LogP contribution in [0.3, 0.4) is 0 Å². The zero-order chi connectivity index (χ0) is 16.5. The molecule has 24 heavy (non-hydrogen) atoms. The molecule has 1 aromatic carbocycles. The van der Waals surface area contributed by atoms with Crippen molar-refractivity contribution in [1.82, 2.24) is 25.4 Å². The maximum Gasteiger partial charge on any atom is 0.229 e. The smallest absolute Gasteiger partial charge is 0.229 e. The first-order valence-corrected chi connectivity index (χ1v) is 8.11. The molecule has 1 aliphatic rings. The van der Waals surface area contributed by atoms with E-state index in [1.165, 1.54) is 0 Å². The van der Waals surface area contributed by atoms with Crippen LogP contribution in [-0.2, 0) is 0 Å². The van der Waals surface area contributed by atoms with Crippen LogP contribution in [0.1, 0.15) is 12.8 Å². The molecule has 0 amide bonds. The molecule has 0 saturated carbocycles. The molecule has 1 aliphatic heterocycles. The highest BCUT2D eigenvalue weighted by molar-refractivity contribution is 6.30. The van der Waals surface area contributed by atoms with Crippen molar-refractivity contribution < 1.29 is 5.11 Å². The summed E-state index contributed by atoms with van der Waals surface area (Å²) in [5.41, 5.74) is 1.84. The minimum atomic E-state index is 0.0355. The van der Waals surface area contributed by atoms with Gasteiger partial charge in [-0.2, -0.15) is 20.3 Å². The van der Waals surface area contributed by atoms with E-state index in [9.17, 15) is 5.11 Å². The van der Waals surface area contributed by atoms with Crippen LogP contribution in [0.15, 0.2) is 24.3 Å². The molecule has 0 spiro atoms. The average Bonchev–Trinajstić information content (AvgIpc) is 3.23. The van der Waals surface area contributed by atoms with E-state index >= 15 is 0 Å². The van der Waals surface area contributed by atoms with E-state index in [1.807, 2.05) is 23.1 Å². The highest BCUT2D eigenvalue weighted by atomic mass is 35.5. The number of aromatic amines is 1. The summed E-state index contributed by atoms with van der Waals surface area (Å²) in [5.74, 6) is 1.09. The fourth-order valence-corrected chi connectivity index (χ4v) is 3.13. The van der Waals surface area contributed by atoms with Gasteiger partial charge in [0, 0.05) is 17.3 Å². The number of halogens is 1. The summed E-state index contributed by atoms with van der Waals surface area (Å²) in [7, 11) is 0. The lowest BCUT2D eigenvalue weighted by molar-refractivity contribution is 0.265. The van der Waals surface area contributed by atoms with Crippen molar-refractivity contribution in [3.8, 4) is 0 Å². The van der Waals surface area contributed by atoms with Crippen molar-refractivity contribution in [1.29, 1.82) is 0 Å². The third-order valence-electron chi connectivity index (χ3n) is 4.10. The number of aromatic nitrogens is 5. The highest BCUT2D eigenvalue weighted by Crippen LogP contribution is 2.28. The number of benzene rings is 1. The molecule has 1 saturated heterocycles. The lowest BCUT2D eigenvalue weighted by Crippen LogP contribution is -2.33. The molecule has 0 bridgehead atoms. The Morgan fingerprint density at radius 1 is 1.33 bits per heavy atom. The van der Waals surface area contributed by atoms with Crippen molar-refractivity contribution in [2.75, 3.05) is 23.4 Å². The first-order chi connectivity index (χ1) is 11.7. The summed E-state index contributed by atoms with van der Waals surface area (Å²) in [4.78, 5) is 11.1. The van der Waals surface area contributed by atoms with Crippen molar-refractivity contribution in [2.45, 2.75) is 18.9 Å². The molecular weight excluding hydrogens is 330 g/mol. The zero-order valence-corrected chi connectivity index (χ0v) is 13.5. The standard InChI is InChI=1S/C15H16ClN7O/c16-9-3-1-4-10(7-9)17-13-12-14(21-22-20-12)19-15(18-13)23-6-2-5-11(23)8-24/h1,3-4,7,11,24H,2,5-6,8H2,(H2,17,18,19,20,21,22)/t11-/m1/s1. The number of nitrogens with one attached hydrogen (secondary N) is 2. The van der Waals surface area contributed by atoms with Crippen LogP contribution < -0.4 is 10.2 Å². The minimum absolute atomic E-state index is 0.0355. The van der Waals surface area contributed by atoms with Crippen LogP contribution in [0.4, 0.5) is 17.5 Å². The van der Waals surface area contributed by atoms with E-state index in [2.05, 4.69) is 30.7 Å². The number of H-pyrrole nitrogens is 1. The number of nitrogens with zero attached hydrogens (tertiary/aromatic N) is 5. The molecule has 0 unspecified atom stereocenters. The number of anilines is 3. The third-order valence-corrected chi connectivity index (χ3v) is 4.34. The Morgan fingerprint density at radius 2 is 2.25 bits per heavy atom. The van der Waals surface area contributed by atoms with Gasteiger partial charge in [0.05, 0.1) is 12.6 Å². The van der Waals surface area contributed by atoms with Crippen LogP contribution in [0, 0.1) is 0 Å². The van der Waals surface area contributed by atoms with Crippen LogP contribution >= 0.6 is 11.6 Å². The number of aliphatic hydroxyl groups is 1. The number of hydrogen-bond acceptors (Lipinski definition) is 7. The van der Waals surface area contributed by atoms with E-state index in [0.29, 0.717) is 28.0 Å². The van der Waals surface area contributed by atoms with Crippen molar-refractivity contribution in [3.05, 3.63) is 29.3 Å². The predicted molar refractivity (Wildman–Crippen MR) is 91.7 cm³/mol. The largest absolute Gasteiger partial charge is 0.394 e. The maximum atomic E-state index is 9.54. The molecule has 9 heteroatoms. The quantitative estimate of drug-likeness (QED) is 0.665. The van der Waals surface area contributed by atoms with Gasteiger partial charge < -0.3 is 15.3 Å². The molecule has 8 nitrogen and oxygen atoms in total. The number of aliphatic hydroxyl groups excluding tert-OH is 1. The second kappa shape index (κ2) is 6.21. The summed E-state index contributed by atoms with van der Waals surface area (Å²) in [5, 5.41) is 24.2. The van der Waals surface area contributed by atoms with Crippen molar-refractivity contribution in [2.24, 2.45) is 0 Å². The third kappa shape index (κ3) is 2.74. The molecule has 3 aromatic rings. The summed E-state index contributed by atoms with van der Waals surface area (Å²) in [6.07, 6.45) is 1.93. The topological polar surface area (TPSA) is 103 Å². The molecular formula is C15H16ClN7O. The van der Waals surface area contributed by atoms with Crippen molar-refractivity contribution >= 4 is 40.2 Å². The number of rotatable bonds is 4. The van der Waals surface area contributed by atoms with Gasteiger partial charge in [-0.25, -0.2) is 0 Å². The lowest BCUT2D eigenvalue weighted by atomic mass is 10.2. The van der Waals surface area contributed by atoms with Gasteiger partial charge in [0.15, 0.2) is 11.3 Å². The van der Waals surface area contributed by atoms with E-state index in [1.54, 1.807) is 6.07 Å². The first kappa shape index (κ1) is 15.1. The van der Waals surface area contributed by atoms with Gasteiger partial charge in [-0.15, -0.1) is 5.10 Å². The van der Waals surface area contributed by atoms with Gasteiger partial charge in [0.25, 0.3) is 0 Å². The summed E-state index contributed by atoms with van der Waals surface area (Å²) >= 11 is 6.04. The highest BCUT2D eigenvalue weighted by Gasteiger charge is 2.27.